The van der Waals surface area contributed by atoms with Crippen LogP contribution in [0.2, 0.25) is 0 Å². The molecule has 1 aliphatic rings. The van der Waals surface area contributed by atoms with E-state index in [1.54, 1.807) is 11.6 Å². The first-order chi connectivity index (χ1) is 15.1. The molecule has 32 heavy (non-hydrogen) atoms. The summed E-state index contributed by atoms with van der Waals surface area (Å²) in [5.41, 5.74) is 3.04. The molecular formula is C25H27N3O4. The predicted molar refractivity (Wildman–Crippen MR) is 123 cm³/mol. The number of benzene rings is 1. The van der Waals surface area contributed by atoms with Crippen LogP contribution in [0.15, 0.2) is 50.4 Å². The maximum Gasteiger partial charge on any atom is 0.331 e. The number of fused-ring (bicyclic) bond motifs is 3. The third kappa shape index (κ3) is 2.77. The zero-order chi connectivity index (χ0) is 22.9. The van der Waals surface area contributed by atoms with Crippen LogP contribution >= 0.6 is 0 Å². The topological polar surface area (TPSA) is 71.3 Å². The molecule has 0 bridgehead atoms. The monoisotopic (exact) mass is 433 g/mol. The van der Waals surface area contributed by atoms with Crippen molar-refractivity contribution in [2.45, 2.75) is 39.3 Å². The summed E-state index contributed by atoms with van der Waals surface area (Å²) in [6, 6.07) is 11.9. The summed E-state index contributed by atoms with van der Waals surface area (Å²) in [7, 11) is 3.23. The number of rotatable bonds is 2. The summed E-state index contributed by atoms with van der Waals surface area (Å²) in [6.07, 6.45) is -0.532. The lowest BCUT2D eigenvalue weighted by Gasteiger charge is -2.38. The largest absolute Gasteiger partial charge is 0.463 e. The van der Waals surface area contributed by atoms with Gasteiger partial charge in [-0.25, -0.2) is 4.79 Å². The second kappa shape index (κ2) is 6.84. The average molecular weight is 434 g/mol. The van der Waals surface area contributed by atoms with Crippen molar-refractivity contribution in [2.24, 2.45) is 14.1 Å². The molecule has 4 heterocycles. The molecule has 0 aliphatic carbocycles. The van der Waals surface area contributed by atoms with Crippen molar-refractivity contribution >= 4 is 10.9 Å². The molecule has 166 valence electrons. The van der Waals surface area contributed by atoms with Gasteiger partial charge in [0.15, 0.2) is 6.10 Å². The van der Waals surface area contributed by atoms with E-state index in [-0.39, 0.29) is 11.2 Å². The first-order valence-electron chi connectivity index (χ1n) is 10.7. The van der Waals surface area contributed by atoms with E-state index in [1.165, 1.54) is 11.6 Å². The zero-order valence-electron chi connectivity index (χ0n) is 19.2. The fourth-order valence-electron chi connectivity index (χ4n) is 4.87. The van der Waals surface area contributed by atoms with Crippen molar-refractivity contribution < 1.29 is 9.15 Å². The lowest BCUT2D eigenvalue weighted by atomic mass is 10.00. The van der Waals surface area contributed by atoms with Crippen LogP contribution < -0.4 is 11.2 Å². The standard InChI is InChI=1S/C25H27N3O4/c1-14-8-7-9-16(12-14)19-18-20(26(5)24(30)27(6)23(18)29)21-22(17-11-10-15(2)32-17)31-13-25(3,4)28(19)21/h7-12,22H,13H2,1-6H3/t22-/m0/s1. The van der Waals surface area contributed by atoms with E-state index in [9.17, 15) is 9.59 Å². The van der Waals surface area contributed by atoms with E-state index in [4.69, 9.17) is 9.15 Å². The number of aromatic nitrogens is 3. The van der Waals surface area contributed by atoms with Crippen LogP contribution in [0, 0.1) is 13.8 Å². The van der Waals surface area contributed by atoms with Crippen molar-refractivity contribution in [1.82, 2.24) is 13.7 Å². The minimum absolute atomic E-state index is 0.313. The number of nitrogens with zero attached hydrogens (tertiary/aromatic N) is 3. The highest BCUT2D eigenvalue weighted by Gasteiger charge is 2.41. The van der Waals surface area contributed by atoms with Crippen LogP contribution in [0.1, 0.15) is 42.7 Å². The lowest BCUT2D eigenvalue weighted by molar-refractivity contribution is -0.0166. The van der Waals surface area contributed by atoms with Gasteiger partial charge in [-0.1, -0.05) is 23.8 Å². The Morgan fingerprint density at radius 3 is 2.44 bits per heavy atom. The van der Waals surface area contributed by atoms with Crippen LogP contribution in [0.25, 0.3) is 22.2 Å². The third-order valence-corrected chi connectivity index (χ3v) is 6.38. The number of ether oxygens (including phenoxy) is 1. The maximum absolute atomic E-state index is 13.5. The number of hydrogen-bond acceptors (Lipinski definition) is 4. The van der Waals surface area contributed by atoms with Crippen LogP contribution in [0.5, 0.6) is 0 Å². The number of hydrogen-bond donors (Lipinski definition) is 0. The van der Waals surface area contributed by atoms with E-state index < -0.39 is 11.6 Å². The van der Waals surface area contributed by atoms with Gasteiger partial charge in [0.1, 0.15) is 11.5 Å². The molecular weight excluding hydrogens is 406 g/mol. The van der Waals surface area contributed by atoms with Crippen molar-refractivity contribution in [1.29, 1.82) is 0 Å². The third-order valence-electron chi connectivity index (χ3n) is 6.38. The summed E-state index contributed by atoms with van der Waals surface area (Å²) in [5, 5.41) is 0.516. The molecule has 0 radical (unpaired) electrons. The van der Waals surface area contributed by atoms with Gasteiger partial charge < -0.3 is 13.7 Å². The van der Waals surface area contributed by atoms with Gasteiger partial charge in [0.05, 0.1) is 34.4 Å². The minimum Gasteiger partial charge on any atom is -0.463 e. The van der Waals surface area contributed by atoms with Crippen molar-refractivity contribution in [3.63, 3.8) is 0 Å². The smallest absolute Gasteiger partial charge is 0.331 e. The molecule has 1 aliphatic heterocycles. The Morgan fingerprint density at radius 2 is 1.78 bits per heavy atom. The quantitative estimate of drug-likeness (QED) is 0.483. The Hall–Kier alpha value is -3.32. The second-order valence-electron chi connectivity index (χ2n) is 9.32. The predicted octanol–water partition coefficient (Wildman–Crippen LogP) is 3.77. The Morgan fingerprint density at radius 1 is 1.03 bits per heavy atom. The lowest BCUT2D eigenvalue weighted by Crippen LogP contribution is -2.40. The Bertz CT molecular complexity index is 1500. The molecule has 4 aromatic rings. The summed E-state index contributed by atoms with van der Waals surface area (Å²) < 4.78 is 17.2. The van der Waals surface area contributed by atoms with Crippen LogP contribution in [-0.2, 0) is 24.4 Å². The molecule has 0 saturated carbocycles. The normalized spacial score (nSPS) is 17.6. The van der Waals surface area contributed by atoms with Crippen LogP contribution in [0.4, 0.5) is 0 Å². The van der Waals surface area contributed by atoms with Gasteiger partial charge in [-0.15, -0.1) is 0 Å². The molecule has 0 amide bonds. The molecule has 5 rings (SSSR count). The summed E-state index contributed by atoms with van der Waals surface area (Å²) in [5.74, 6) is 1.43. The number of furan rings is 1. The molecule has 7 nitrogen and oxygen atoms in total. The van der Waals surface area contributed by atoms with Crippen LogP contribution in [0.3, 0.4) is 0 Å². The molecule has 0 saturated heterocycles. The average Bonchev–Trinajstić information content (AvgIpc) is 3.33. The summed E-state index contributed by atoms with van der Waals surface area (Å²) in [4.78, 5) is 26.5. The molecule has 7 heteroatoms. The molecule has 1 atom stereocenters. The van der Waals surface area contributed by atoms with E-state index >= 15 is 0 Å². The first kappa shape index (κ1) is 20.6. The molecule has 1 aromatic carbocycles. The van der Waals surface area contributed by atoms with Gasteiger partial charge >= 0.3 is 5.69 Å². The molecule has 0 fully saturated rings. The Kier molecular flexibility index (Phi) is 4.40. The van der Waals surface area contributed by atoms with Gasteiger partial charge in [-0.05, 0) is 51.5 Å². The van der Waals surface area contributed by atoms with Crippen molar-refractivity contribution in [3.8, 4) is 11.3 Å². The highest BCUT2D eigenvalue weighted by Crippen LogP contribution is 2.45. The van der Waals surface area contributed by atoms with Gasteiger partial charge in [0, 0.05) is 14.1 Å². The molecule has 3 aromatic heterocycles. The van der Waals surface area contributed by atoms with Crippen molar-refractivity contribution in [2.75, 3.05) is 6.61 Å². The molecule has 0 unspecified atom stereocenters. The van der Waals surface area contributed by atoms with Gasteiger partial charge in [0.25, 0.3) is 5.56 Å². The first-order valence-corrected chi connectivity index (χ1v) is 10.7. The molecule has 0 spiro atoms. The Labute approximate surface area is 185 Å². The number of aryl methyl sites for hydroxylation is 3. The Balaban J connectivity index is 2.03. The summed E-state index contributed by atoms with van der Waals surface area (Å²) >= 11 is 0. The fraction of sp³-hybridized carbons (Fsp3) is 0.360. The fourth-order valence-corrected chi connectivity index (χ4v) is 4.87. The van der Waals surface area contributed by atoms with Gasteiger partial charge in [0.2, 0.25) is 0 Å². The summed E-state index contributed by atoms with van der Waals surface area (Å²) in [6.45, 7) is 8.51. The van der Waals surface area contributed by atoms with Gasteiger partial charge in [-0.3, -0.25) is 13.9 Å². The highest BCUT2D eigenvalue weighted by atomic mass is 16.5. The zero-order valence-corrected chi connectivity index (χ0v) is 19.2. The van der Waals surface area contributed by atoms with Crippen molar-refractivity contribution in [3.05, 3.63) is 80.0 Å². The van der Waals surface area contributed by atoms with E-state index in [0.29, 0.717) is 23.3 Å². The van der Waals surface area contributed by atoms with E-state index in [2.05, 4.69) is 24.5 Å². The van der Waals surface area contributed by atoms with Gasteiger partial charge in [-0.2, -0.15) is 0 Å². The minimum atomic E-state index is -0.532. The van der Waals surface area contributed by atoms with E-state index in [1.807, 2.05) is 44.2 Å². The van der Waals surface area contributed by atoms with Crippen LogP contribution in [-0.4, -0.2) is 20.3 Å². The van der Waals surface area contributed by atoms with E-state index in [0.717, 1.165) is 28.3 Å². The SMILES string of the molecule is Cc1cccc(-c2c3c(=O)n(C)c(=O)n(C)c3c3n2C(C)(C)CO[C@H]3c2ccc(C)o2)c1. The second-order valence-corrected chi connectivity index (χ2v) is 9.32. The highest BCUT2D eigenvalue weighted by molar-refractivity contribution is 5.96. The molecule has 0 N–H and O–H groups in total. The maximum atomic E-state index is 13.5.